The summed E-state index contributed by atoms with van der Waals surface area (Å²) in [4.78, 5) is 51.9. The second kappa shape index (κ2) is 16.8. The summed E-state index contributed by atoms with van der Waals surface area (Å²) < 4.78 is 5.17. The molecule has 1 aliphatic rings. The zero-order valence-electron chi connectivity index (χ0n) is 19.8. The molecule has 0 aliphatic carbocycles. The van der Waals surface area contributed by atoms with E-state index in [0.717, 1.165) is 5.69 Å². The third-order valence-electron chi connectivity index (χ3n) is 5.48. The Morgan fingerprint density at radius 1 is 0.611 bits per heavy atom. The van der Waals surface area contributed by atoms with Gasteiger partial charge in [-0.15, -0.1) is 0 Å². The number of carbonyl (C=O) groups is 4. The molecule has 0 bridgehead atoms. The molecule has 4 N–H and O–H groups in total. The van der Waals surface area contributed by atoms with E-state index in [4.69, 9.17) is 9.84 Å². The van der Waals surface area contributed by atoms with Gasteiger partial charge in [0, 0.05) is 58.0 Å². The molecule has 1 heterocycles. The van der Waals surface area contributed by atoms with Crippen LogP contribution in [0.15, 0.2) is 24.3 Å². The standard InChI is InChI=1S/C22H32N4O9.Eu/c27-19(28)13-23-5-7-24(14-20(29)30)9-11-26(12-10-25(8-6-23)15-21(31)32)17-1-3-18(4-2-17)35-16-22(33)34;/h1-4H,5-16H2,(H,27,28)(H,29,30)(H,31,32)(H,33,34);/q;+3. The van der Waals surface area contributed by atoms with Crippen molar-refractivity contribution in [3.63, 3.8) is 0 Å². The Morgan fingerprint density at radius 2 is 0.972 bits per heavy atom. The molecule has 0 unspecified atom stereocenters. The van der Waals surface area contributed by atoms with Crippen molar-refractivity contribution in [1.82, 2.24) is 14.7 Å². The van der Waals surface area contributed by atoms with Crippen molar-refractivity contribution in [2.24, 2.45) is 0 Å². The van der Waals surface area contributed by atoms with Crippen molar-refractivity contribution in [2.75, 3.05) is 83.5 Å². The summed E-state index contributed by atoms with van der Waals surface area (Å²) in [5.74, 6) is -3.67. The minimum Gasteiger partial charge on any atom is -0.482 e. The van der Waals surface area contributed by atoms with Gasteiger partial charge in [-0.25, -0.2) is 4.79 Å². The van der Waals surface area contributed by atoms with Crippen LogP contribution in [0.25, 0.3) is 0 Å². The Hall–Kier alpha value is -1.84. The predicted molar refractivity (Wildman–Crippen MR) is 124 cm³/mol. The molecule has 0 amide bonds. The van der Waals surface area contributed by atoms with Crippen molar-refractivity contribution in [2.45, 2.75) is 0 Å². The molecule has 13 nitrogen and oxygen atoms in total. The van der Waals surface area contributed by atoms with Gasteiger partial charge >= 0.3 is 73.3 Å². The summed E-state index contributed by atoms with van der Waals surface area (Å²) >= 11 is 0. The molecular weight excluding hydrogens is 616 g/mol. The number of hydrogen-bond donors (Lipinski definition) is 4. The van der Waals surface area contributed by atoms with E-state index in [1.54, 1.807) is 39.0 Å². The second-order valence-electron chi connectivity index (χ2n) is 8.17. The normalized spacial score (nSPS) is 16.7. The Balaban J connectivity index is 0.00000648. The van der Waals surface area contributed by atoms with Crippen LogP contribution in [-0.2, 0) is 19.2 Å². The van der Waals surface area contributed by atoms with E-state index in [-0.39, 0.29) is 69.0 Å². The molecule has 1 aromatic rings. The fourth-order valence-corrected chi connectivity index (χ4v) is 3.74. The number of aliphatic carboxylic acids is 4. The molecule has 0 saturated carbocycles. The fourth-order valence-electron chi connectivity index (χ4n) is 3.74. The Morgan fingerprint density at radius 3 is 1.31 bits per heavy atom. The Labute approximate surface area is 249 Å². The monoisotopic (exact) mass is 649 g/mol. The number of ether oxygens (including phenoxy) is 1. The van der Waals surface area contributed by atoms with Gasteiger partial charge in [0.1, 0.15) is 5.75 Å². The van der Waals surface area contributed by atoms with Crippen LogP contribution in [0.5, 0.6) is 5.75 Å². The molecule has 36 heavy (non-hydrogen) atoms. The molecule has 2 rings (SSSR count). The van der Waals surface area contributed by atoms with Crippen LogP contribution in [0.3, 0.4) is 0 Å². The second-order valence-corrected chi connectivity index (χ2v) is 8.17. The van der Waals surface area contributed by atoms with E-state index in [2.05, 4.69) is 0 Å². The van der Waals surface area contributed by atoms with Crippen molar-refractivity contribution in [1.29, 1.82) is 0 Å². The molecule has 198 valence electrons. The SMILES string of the molecule is O=C(O)COc1ccc(N2CCN(CC(=O)O)CCN(CC(=O)O)CCN(CC(=O)O)CC2)cc1.[Eu+3]. The van der Waals surface area contributed by atoms with Crippen molar-refractivity contribution in [3.8, 4) is 5.75 Å². The van der Waals surface area contributed by atoms with Crippen LogP contribution in [0.2, 0.25) is 0 Å². The maximum Gasteiger partial charge on any atom is 3.00 e. The summed E-state index contributed by atoms with van der Waals surface area (Å²) in [7, 11) is 0. The smallest absolute Gasteiger partial charge is 0.482 e. The van der Waals surface area contributed by atoms with Crippen LogP contribution in [-0.4, -0.2) is 138 Å². The molecular formula is C22H32EuN4O9+3. The molecule has 14 heteroatoms. The first kappa shape index (κ1) is 32.2. The third-order valence-corrected chi connectivity index (χ3v) is 5.48. The van der Waals surface area contributed by atoms with Crippen LogP contribution in [0.4, 0.5) is 5.69 Å². The summed E-state index contributed by atoms with van der Waals surface area (Å²) in [6.45, 7) is 1.96. The zero-order valence-corrected chi connectivity index (χ0v) is 22.2. The van der Waals surface area contributed by atoms with E-state index in [9.17, 15) is 34.5 Å². The maximum absolute atomic E-state index is 11.4. The molecule has 1 saturated heterocycles. The van der Waals surface area contributed by atoms with Crippen LogP contribution in [0, 0.1) is 49.4 Å². The van der Waals surface area contributed by atoms with Gasteiger partial charge in [-0.05, 0) is 24.3 Å². The largest absolute Gasteiger partial charge is 3.00 e. The van der Waals surface area contributed by atoms with E-state index in [1.807, 2.05) is 4.90 Å². The van der Waals surface area contributed by atoms with E-state index in [0.29, 0.717) is 58.1 Å². The number of rotatable bonds is 10. The summed E-state index contributed by atoms with van der Waals surface area (Å²) in [6.07, 6.45) is 0. The minimum atomic E-state index is -1.09. The average molecular weight is 648 g/mol. The van der Waals surface area contributed by atoms with Gasteiger partial charge in [-0.3, -0.25) is 29.1 Å². The number of carboxylic acids is 4. The van der Waals surface area contributed by atoms with Gasteiger partial charge in [-0.1, -0.05) is 0 Å². The molecule has 1 fully saturated rings. The van der Waals surface area contributed by atoms with Crippen molar-refractivity contribution in [3.05, 3.63) is 24.3 Å². The number of nitrogens with zero attached hydrogens (tertiary/aromatic N) is 4. The van der Waals surface area contributed by atoms with Gasteiger partial charge < -0.3 is 30.1 Å². The Kier molecular flexibility index (Phi) is 15.0. The van der Waals surface area contributed by atoms with E-state index < -0.39 is 30.5 Å². The first-order valence-electron chi connectivity index (χ1n) is 11.1. The van der Waals surface area contributed by atoms with Crippen molar-refractivity contribution < 1.29 is 93.7 Å². The predicted octanol–water partition coefficient (Wildman–Crippen LogP) is -0.870. The van der Waals surface area contributed by atoms with Gasteiger partial charge in [-0.2, -0.15) is 0 Å². The molecule has 1 aromatic carbocycles. The molecule has 0 aromatic heterocycles. The third kappa shape index (κ3) is 12.9. The van der Waals surface area contributed by atoms with Gasteiger partial charge in [0.05, 0.1) is 19.6 Å². The summed E-state index contributed by atoms with van der Waals surface area (Å²) in [5, 5.41) is 36.6. The molecule has 0 spiro atoms. The first-order valence-corrected chi connectivity index (χ1v) is 11.1. The number of carboxylic acid groups (broad SMARTS) is 4. The van der Waals surface area contributed by atoms with Gasteiger partial charge in [0.25, 0.3) is 0 Å². The number of benzene rings is 1. The van der Waals surface area contributed by atoms with E-state index in [1.165, 1.54) is 0 Å². The first-order chi connectivity index (χ1) is 16.6. The van der Waals surface area contributed by atoms with Crippen LogP contribution in [0.1, 0.15) is 0 Å². The van der Waals surface area contributed by atoms with Crippen LogP contribution >= 0.6 is 0 Å². The molecule has 0 atom stereocenters. The van der Waals surface area contributed by atoms with Crippen LogP contribution < -0.4 is 9.64 Å². The van der Waals surface area contributed by atoms with Crippen molar-refractivity contribution >= 4 is 29.6 Å². The average Bonchev–Trinajstić information content (AvgIpc) is 2.77. The quantitative estimate of drug-likeness (QED) is 0.247. The fraction of sp³-hybridized carbons (Fsp3) is 0.545. The Bertz CT molecular complexity index is 840. The maximum atomic E-state index is 11.4. The van der Waals surface area contributed by atoms with E-state index >= 15 is 0 Å². The zero-order chi connectivity index (χ0) is 25.8. The summed E-state index contributed by atoms with van der Waals surface area (Å²) in [5.41, 5.74) is 0.794. The minimum absolute atomic E-state index is 0. The number of hydrogen-bond acceptors (Lipinski definition) is 9. The van der Waals surface area contributed by atoms with Gasteiger partial charge in [0.15, 0.2) is 6.61 Å². The molecule has 1 aliphatic heterocycles. The summed E-state index contributed by atoms with van der Waals surface area (Å²) in [6, 6.07) is 6.81. The topological polar surface area (TPSA) is 171 Å². The van der Waals surface area contributed by atoms with Gasteiger partial charge in [0.2, 0.25) is 0 Å². The molecule has 0 radical (unpaired) electrons. The number of anilines is 1.